The highest BCUT2D eigenvalue weighted by Crippen LogP contribution is 2.37. The first kappa shape index (κ1) is 16.8. The first-order chi connectivity index (χ1) is 10.2. The van der Waals surface area contributed by atoms with Gasteiger partial charge in [0.15, 0.2) is 0 Å². The summed E-state index contributed by atoms with van der Waals surface area (Å²) in [6.07, 6.45) is 0.167. The fourth-order valence-corrected chi connectivity index (χ4v) is 2.28. The van der Waals surface area contributed by atoms with Crippen molar-refractivity contribution < 1.29 is 23.6 Å². The Hall–Kier alpha value is -1.53. The van der Waals surface area contributed by atoms with Gasteiger partial charge >= 0.3 is 13.1 Å². The van der Waals surface area contributed by atoms with Gasteiger partial charge in [-0.3, -0.25) is 4.79 Å². The Labute approximate surface area is 132 Å². The number of rotatable bonds is 4. The molecule has 0 aliphatic carbocycles. The normalized spacial score (nSPS) is 19.1. The third kappa shape index (κ3) is 3.13. The molecular weight excluding hydrogens is 283 g/mol. The van der Waals surface area contributed by atoms with Crippen LogP contribution in [0.3, 0.4) is 0 Å². The molecular formula is C16H23BO5. The summed E-state index contributed by atoms with van der Waals surface area (Å²) >= 11 is 0. The van der Waals surface area contributed by atoms with Crippen LogP contribution in [0.15, 0.2) is 18.2 Å². The smallest absolute Gasteiger partial charge is 0.495 e. The van der Waals surface area contributed by atoms with Crippen molar-refractivity contribution in [2.45, 2.75) is 45.3 Å². The largest absolute Gasteiger partial charge is 0.497 e. The van der Waals surface area contributed by atoms with Crippen LogP contribution in [0.5, 0.6) is 5.75 Å². The number of methoxy groups -OCH3 is 2. The van der Waals surface area contributed by atoms with E-state index in [-0.39, 0.29) is 12.4 Å². The Bertz CT molecular complexity index is 552. The molecule has 1 fully saturated rings. The molecule has 1 aliphatic heterocycles. The molecule has 120 valence electrons. The molecule has 0 radical (unpaired) electrons. The average Bonchev–Trinajstić information content (AvgIpc) is 2.67. The van der Waals surface area contributed by atoms with Crippen LogP contribution in [0, 0.1) is 0 Å². The molecule has 1 aromatic carbocycles. The van der Waals surface area contributed by atoms with Crippen LogP contribution >= 0.6 is 0 Å². The molecule has 22 heavy (non-hydrogen) atoms. The van der Waals surface area contributed by atoms with Crippen molar-refractivity contribution in [1.29, 1.82) is 0 Å². The topological polar surface area (TPSA) is 54.0 Å². The van der Waals surface area contributed by atoms with Crippen molar-refractivity contribution in [1.82, 2.24) is 0 Å². The molecule has 5 nitrogen and oxygen atoms in total. The SMILES string of the molecule is COC(=O)Cc1ccc(OC)cc1B1OC(C)(C)C(C)(C)O1. The summed E-state index contributed by atoms with van der Waals surface area (Å²) in [6.45, 7) is 7.97. The molecule has 0 saturated carbocycles. The van der Waals surface area contributed by atoms with Crippen LogP contribution in [0.4, 0.5) is 0 Å². The lowest BCUT2D eigenvalue weighted by molar-refractivity contribution is -0.139. The van der Waals surface area contributed by atoms with Crippen molar-refractivity contribution in [3.05, 3.63) is 23.8 Å². The van der Waals surface area contributed by atoms with E-state index < -0.39 is 18.3 Å². The molecule has 0 unspecified atom stereocenters. The first-order valence-electron chi connectivity index (χ1n) is 7.29. The summed E-state index contributed by atoms with van der Waals surface area (Å²) in [5.74, 6) is 0.390. The van der Waals surface area contributed by atoms with E-state index in [1.165, 1.54) is 7.11 Å². The van der Waals surface area contributed by atoms with Gasteiger partial charge in [0.05, 0.1) is 31.8 Å². The average molecular weight is 306 g/mol. The van der Waals surface area contributed by atoms with Crippen LogP contribution in [0.1, 0.15) is 33.3 Å². The van der Waals surface area contributed by atoms with E-state index in [0.29, 0.717) is 5.75 Å². The Morgan fingerprint density at radius 1 is 1.14 bits per heavy atom. The van der Waals surface area contributed by atoms with Gasteiger partial charge < -0.3 is 18.8 Å². The molecule has 0 atom stereocenters. The van der Waals surface area contributed by atoms with E-state index in [1.807, 2.05) is 45.9 Å². The standard InChI is InChI=1S/C16H23BO5/c1-15(2)16(3,4)22-17(21-15)13-10-12(19-5)8-7-11(13)9-14(18)20-6/h7-8,10H,9H2,1-6H3. The molecule has 2 rings (SSSR count). The molecule has 1 aromatic rings. The van der Waals surface area contributed by atoms with Gasteiger partial charge in [0.1, 0.15) is 5.75 Å². The minimum atomic E-state index is -0.542. The van der Waals surface area contributed by atoms with E-state index in [0.717, 1.165) is 11.0 Å². The first-order valence-corrected chi connectivity index (χ1v) is 7.29. The summed E-state index contributed by atoms with van der Waals surface area (Å²) in [5.41, 5.74) is 0.724. The quantitative estimate of drug-likeness (QED) is 0.626. The summed E-state index contributed by atoms with van der Waals surface area (Å²) in [6, 6.07) is 5.50. The molecule has 1 aliphatic rings. The molecule has 6 heteroatoms. The van der Waals surface area contributed by atoms with Gasteiger partial charge in [0.25, 0.3) is 0 Å². The fourth-order valence-electron chi connectivity index (χ4n) is 2.28. The predicted octanol–water partition coefficient (Wildman–Crippen LogP) is 1.71. The molecule has 0 amide bonds. The van der Waals surface area contributed by atoms with Crippen molar-refractivity contribution in [2.24, 2.45) is 0 Å². The van der Waals surface area contributed by atoms with Crippen LogP contribution in [-0.4, -0.2) is 38.5 Å². The van der Waals surface area contributed by atoms with Crippen molar-refractivity contribution in [3.63, 3.8) is 0 Å². The Morgan fingerprint density at radius 3 is 2.23 bits per heavy atom. The lowest BCUT2D eigenvalue weighted by Gasteiger charge is -2.32. The molecule has 0 spiro atoms. The monoisotopic (exact) mass is 306 g/mol. The van der Waals surface area contributed by atoms with E-state index >= 15 is 0 Å². The third-order valence-electron chi connectivity index (χ3n) is 4.42. The predicted molar refractivity (Wildman–Crippen MR) is 84.4 cm³/mol. The minimum Gasteiger partial charge on any atom is -0.497 e. The van der Waals surface area contributed by atoms with E-state index in [1.54, 1.807) is 7.11 Å². The minimum absolute atomic E-state index is 0.167. The summed E-state index contributed by atoms with van der Waals surface area (Å²) in [7, 11) is 2.43. The zero-order valence-corrected chi connectivity index (χ0v) is 14.1. The Kier molecular flexibility index (Phi) is 4.54. The number of ether oxygens (including phenoxy) is 2. The molecule has 1 heterocycles. The number of carbonyl (C=O) groups is 1. The maximum absolute atomic E-state index is 11.6. The Balaban J connectivity index is 2.38. The molecule has 0 N–H and O–H groups in total. The maximum atomic E-state index is 11.6. The second-order valence-corrected chi connectivity index (χ2v) is 6.41. The maximum Gasteiger partial charge on any atom is 0.495 e. The van der Waals surface area contributed by atoms with Crippen LogP contribution in [-0.2, 0) is 25.3 Å². The van der Waals surface area contributed by atoms with Gasteiger partial charge in [0, 0.05) is 0 Å². The van der Waals surface area contributed by atoms with Gasteiger partial charge in [-0.05, 0) is 50.9 Å². The van der Waals surface area contributed by atoms with Crippen LogP contribution < -0.4 is 10.2 Å². The second kappa shape index (κ2) is 5.93. The highest BCUT2D eigenvalue weighted by molar-refractivity contribution is 6.62. The number of hydrogen-bond donors (Lipinski definition) is 0. The van der Waals surface area contributed by atoms with Crippen LogP contribution in [0.25, 0.3) is 0 Å². The zero-order chi connectivity index (χ0) is 16.5. The van der Waals surface area contributed by atoms with E-state index in [9.17, 15) is 4.79 Å². The van der Waals surface area contributed by atoms with Gasteiger partial charge in [-0.2, -0.15) is 0 Å². The van der Waals surface area contributed by atoms with Crippen LogP contribution in [0.2, 0.25) is 0 Å². The number of esters is 1. The molecule has 0 bridgehead atoms. The van der Waals surface area contributed by atoms with Crippen molar-refractivity contribution in [2.75, 3.05) is 14.2 Å². The Morgan fingerprint density at radius 2 is 1.73 bits per heavy atom. The van der Waals surface area contributed by atoms with Crippen molar-refractivity contribution in [3.8, 4) is 5.75 Å². The third-order valence-corrected chi connectivity index (χ3v) is 4.42. The second-order valence-electron chi connectivity index (χ2n) is 6.41. The van der Waals surface area contributed by atoms with Gasteiger partial charge in [-0.15, -0.1) is 0 Å². The fraction of sp³-hybridized carbons (Fsp3) is 0.562. The van der Waals surface area contributed by atoms with Gasteiger partial charge in [-0.1, -0.05) is 6.07 Å². The highest BCUT2D eigenvalue weighted by Gasteiger charge is 2.52. The van der Waals surface area contributed by atoms with E-state index in [2.05, 4.69) is 0 Å². The number of benzene rings is 1. The summed E-state index contributed by atoms with van der Waals surface area (Å²) in [5, 5.41) is 0. The molecule has 1 saturated heterocycles. The molecule has 0 aromatic heterocycles. The lowest BCUT2D eigenvalue weighted by Crippen LogP contribution is -2.41. The lowest BCUT2D eigenvalue weighted by atomic mass is 9.75. The zero-order valence-electron chi connectivity index (χ0n) is 14.1. The summed E-state index contributed by atoms with van der Waals surface area (Å²) < 4.78 is 22.2. The van der Waals surface area contributed by atoms with E-state index in [4.69, 9.17) is 18.8 Å². The van der Waals surface area contributed by atoms with Gasteiger partial charge in [-0.25, -0.2) is 0 Å². The van der Waals surface area contributed by atoms with Crippen molar-refractivity contribution >= 4 is 18.6 Å². The number of carbonyl (C=O) groups excluding carboxylic acids is 1. The number of hydrogen-bond acceptors (Lipinski definition) is 5. The van der Waals surface area contributed by atoms with Gasteiger partial charge in [0.2, 0.25) is 0 Å². The highest BCUT2D eigenvalue weighted by atomic mass is 16.7. The summed E-state index contributed by atoms with van der Waals surface area (Å²) in [4.78, 5) is 11.6.